The summed E-state index contributed by atoms with van der Waals surface area (Å²) in [6.45, 7) is 6.71. The molecule has 0 aliphatic heterocycles. The van der Waals surface area contributed by atoms with Crippen LogP contribution < -0.4 is 9.62 Å². The van der Waals surface area contributed by atoms with Gasteiger partial charge in [0.25, 0.3) is 0 Å². The molecule has 0 radical (unpaired) electrons. The fourth-order valence-electron chi connectivity index (χ4n) is 3.21. The molecule has 0 spiro atoms. The number of likely N-dealkylation sites (N-methyl/N-ethyl adjacent to an activating group) is 1. The number of carbonyl (C=O) groups excluding carboxylic acids is 2. The summed E-state index contributed by atoms with van der Waals surface area (Å²) in [6.07, 6.45) is 1.02. The van der Waals surface area contributed by atoms with Gasteiger partial charge in [0.2, 0.25) is 21.8 Å². The van der Waals surface area contributed by atoms with E-state index >= 15 is 0 Å². The van der Waals surface area contributed by atoms with Crippen LogP contribution in [0.4, 0.5) is 10.1 Å². The molecule has 0 unspecified atom stereocenters. The quantitative estimate of drug-likeness (QED) is 0.620. The molecule has 1 N–H and O–H groups in total. The lowest BCUT2D eigenvalue weighted by Crippen LogP contribution is -2.51. The molecule has 0 aromatic heterocycles. The predicted molar refractivity (Wildman–Crippen MR) is 123 cm³/mol. The van der Waals surface area contributed by atoms with Crippen LogP contribution in [0.5, 0.6) is 0 Å². The number of sulfonamides is 1. The van der Waals surface area contributed by atoms with Crippen LogP contribution in [0.15, 0.2) is 42.5 Å². The smallest absolute Gasteiger partial charge is 0.244 e. The maximum Gasteiger partial charge on any atom is 0.244 e. The molecule has 2 rings (SSSR count). The number of hydrogen-bond acceptors (Lipinski definition) is 4. The van der Waals surface area contributed by atoms with Crippen molar-refractivity contribution in [3.63, 3.8) is 0 Å². The van der Waals surface area contributed by atoms with Gasteiger partial charge in [0.15, 0.2) is 0 Å². The molecule has 2 aromatic rings. The number of anilines is 1. The predicted octanol–water partition coefficient (Wildman–Crippen LogP) is 2.76. The van der Waals surface area contributed by atoms with Gasteiger partial charge in [0.1, 0.15) is 18.4 Å². The zero-order chi connectivity index (χ0) is 24.1. The van der Waals surface area contributed by atoms with E-state index in [1.165, 1.54) is 30.0 Å². The Bertz CT molecular complexity index is 1090. The summed E-state index contributed by atoms with van der Waals surface area (Å²) in [5.41, 5.74) is 2.44. The van der Waals surface area contributed by atoms with Crippen LogP contribution in [-0.4, -0.2) is 50.5 Å². The van der Waals surface area contributed by atoms with Crippen molar-refractivity contribution in [3.8, 4) is 0 Å². The van der Waals surface area contributed by atoms with Gasteiger partial charge in [-0.2, -0.15) is 0 Å². The van der Waals surface area contributed by atoms with Crippen molar-refractivity contribution in [1.29, 1.82) is 0 Å². The second-order valence-electron chi connectivity index (χ2n) is 7.72. The first-order valence-electron chi connectivity index (χ1n) is 10.3. The summed E-state index contributed by atoms with van der Waals surface area (Å²) in [7, 11) is -3.80. The SMILES string of the molecule is CCNC(=O)[C@H](C)N(Cc1ccccc1F)C(=O)CN(c1ccc(C)c(C)c1)S(C)(=O)=O. The Morgan fingerprint density at radius 2 is 1.75 bits per heavy atom. The van der Waals surface area contributed by atoms with Crippen LogP contribution in [0.1, 0.15) is 30.5 Å². The molecule has 0 heterocycles. The number of hydrogen-bond donors (Lipinski definition) is 1. The van der Waals surface area contributed by atoms with Gasteiger partial charge in [0.05, 0.1) is 11.9 Å². The van der Waals surface area contributed by atoms with Crippen molar-refractivity contribution in [2.24, 2.45) is 0 Å². The minimum Gasteiger partial charge on any atom is -0.355 e. The molecule has 0 aliphatic rings. The van der Waals surface area contributed by atoms with Crippen molar-refractivity contribution in [3.05, 3.63) is 65.0 Å². The maximum absolute atomic E-state index is 14.3. The number of benzene rings is 2. The first kappa shape index (κ1) is 25.3. The summed E-state index contributed by atoms with van der Waals surface area (Å²) in [4.78, 5) is 27.0. The van der Waals surface area contributed by atoms with E-state index in [-0.39, 0.29) is 12.1 Å². The Labute approximate surface area is 189 Å². The third-order valence-electron chi connectivity index (χ3n) is 5.27. The topological polar surface area (TPSA) is 86.8 Å². The Balaban J connectivity index is 2.42. The lowest BCUT2D eigenvalue weighted by atomic mass is 10.1. The number of nitrogens with zero attached hydrogens (tertiary/aromatic N) is 2. The second kappa shape index (κ2) is 10.6. The van der Waals surface area contributed by atoms with Crippen molar-refractivity contribution >= 4 is 27.5 Å². The van der Waals surface area contributed by atoms with E-state index in [1.807, 2.05) is 13.8 Å². The zero-order valence-electron chi connectivity index (χ0n) is 19.1. The Hall–Kier alpha value is -2.94. The maximum atomic E-state index is 14.3. The monoisotopic (exact) mass is 463 g/mol. The van der Waals surface area contributed by atoms with Crippen LogP contribution in [0.3, 0.4) is 0 Å². The van der Waals surface area contributed by atoms with Gasteiger partial charge < -0.3 is 10.2 Å². The second-order valence-corrected chi connectivity index (χ2v) is 9.63. The zero-order valence-corrected chi connectivity index (χ0v) is 19.9. The minimum absolute atomic E-state index is 0.172. The highest BCUT2D eigenvalue weighted by atomic mass is 32.2. The fraction of sp³-hybridized carbons (Fsp3) is 0.391. The molecule has 0 saturated heterocycles. The summed E-state index contributed by atoms with van der Waals surface area (Å²) in [5, 5.41) is 2.65. The van der Waals surface area contributed by atoms with Gasteiger partial charge in [-0.1, -0.05) is 24.3 Å². The summed E-state index contributed by atoms with van der Waals surface area (Å²) in [5.74, 6) is -1.53. The van der Waals surface area contributed by atoms with E-state index in [4.69, 9.17) is 0 Å². The van der Waals surface area contributed by atoms with Gasteiger partial charge >= 0.3 is 0 Å². The van der Waals surface area contributed by atoms with Gasteiger partial charge in [0, 0.05) is 18.7 Å². The van der Waals surface area contributed by atoms with Crippen molar-refractivity contribution < 1.29 is 22.4 Å². The van der Waals surface area contributed by atoms with Crippen molar-refractivity contribution in [2.75, 3.05) is 23.7 Å². The molecule has 2 aromatic carbocycles. The van der Waals surface area contributed by atoms with Crippen LogP contribution in [-0.2, 0) is 26.2 Å². The summed E-state index contributed by atoms with van der Waals surface area (Å²) in [6, 6.07) is 10.1. The standard InChI is InChI=1S/C23H30FN3O4S/c1-6-25-23(29)18(4)26(14-19-9-7-8-10-21(19)24)22(28)15-27(32(5,30)31)20-12-11-16(2)17(3)13-20/h7-13,18H,6,14-15H2,1-5H3,(H,25,29)/t18-/m0/s1. The van der Waals surface area contributed by atoms with E-state index in [0.29, 0.717) is 12.2 Å². The minimum atomic E-state index is -3.80. The van der Waals surface area contributed by atoms with Gasteiger partial charge in [-0.05, 0) is 57.0 Å². The molecule has 2 amide bonds. The molecule has 0 fully saturated rings. The Morgan fingerprint density at radius 3 is 2.31 bits per heavy atom. The van der Waals surface area contributed by atoms with E-state index in [1.54, 1.807) is 31.2 Å². The number of carbonyl (C=O) groups is 2. The first-order valence-corrected chi connectivity index (χ1v) is 12.2. The highest BCUT2D eigenvalue weighted by Crippen LogP contribution is 2.22. The van der Waals surface area contributed by atoms with Crippen LogP contribution in [0.2, 0.25) is 0 Å². The highest BCUT2D eigenvalue weighted by molar-refractivity contribution is 7.92. The third kappa shape index (κ3) is 6.29. The Kier molecular flexibility index (Phi) is 8.38. The van der Waals surface area contributed by atoms with Crippen LogP contribution in [0.25, 0.3) is 0 Å². The van der Waals surface area contributed by atoms with Crippen LogP contribution in [0, 0.1) is 19.7 Å². The van der Waals surface area contributed by atoms with Crippen LogP contribution >= 0.6 is 0 Å². The van der Waals surface area contributed by atoms with E-state index < -0.39 is 40.2 Å². The van der Waals surface area contributed by atoms with E-state index in [9.17, 15) is 22.4 Å². The van der Waals surface area contributed by atoms with Gasteiger partial charge in [-0.15, -0.1) is 0 Å². The fourth-order valence-corrected chi connectivity index (χ4v) is 4.05. The first-order chi connectivity index (χ1) is 15.0. The van der Waals surface area contributed by atoms with Gasteiger partial charge in [-0.3, -0.25) is 13.9 Å². The van der Waals surface area contributed by atoms with E-state index in [0.717, 1.165) is 21.7 Å². The number of aryl methyl sites for hydroxylation is 2. The lowest BCUT2D eigenvalue weighted by Gasteiger charge is -2.31. The largest absolute Gasteiger partial charge is 0.355 e. The normalized spacial score (nSPS) is 12.2. The number of halogens is 1. The molecule has 32 heavy (non-hydrogen) atoms. The third-order valence-corrected chi connectivity index (χ3v) is 6.42. The molecule has 0 aliphatic carbocycles. The van der Waals surface area contributed by atoms with Gasteiger partial charge in [-0.25, -0.2) is 12.8 Å². The van der Waals surface area contributed by atoms with Crippen molar-refractivity contribution in [2.45, 2.75) is 40.3 Å². The lowest BCUT2D eigenvalue weighted by molar-refractivity contribution is -0.139. The number of amides is 2. The number of nitrogens with one attached hydrogen (secondary N) is 1. The van der Waals surface area contributed by atoms with Crippen molar-refractivity contribution in [1.82, 2.24) is 10.2 Å². The molecule has 1 atom stereocenters. The van der Waals surface area contributed by atoms with E-state index in [2.05, 4.69) is 5.32 Å². The molecular weight excluding hydrogens is 433 g/mol. The highest BCUT2D eigenvalue weighted by Gasteiger charge is 2.30. The molecule has 0 saturated carbocycles. The molecule has 7 nitrogen and oxygen atoms in total. The molecular formula is C23H30FN3O4S. The molecule has 0 bridgehead atoms. The average molecular weight is 464 g/mol. The molecule has 9 heteroatoms. The average Bonchev–Trinajstić information content (AvgIpc) is 2.72. The Morgan fingerprint density at radius 1 is 1.09 bits per heavy atom. The molecule has 174 valence electrons. The summed E-state index contributed by atoms with van der Waals surface area (Å²) < 4.78 is 40.3. The summed E-state index contributed by atoms with van der Waals surface area (Å²) >= 11 is 0. The number of rotatable bonds is 9.